The number of carbonyl (C=O) groups excluding carboxylic acids is 1. The molecule has 0 aliphatic carbocycles. The van der Waals surface area contributed by atoms with Crippen molar-refractivity contribution < 1.29 is 47.7 Å². The molecule has 4 N–H and O–H groups in total. The Hall–Kier alpha value is -4.97. The second kappa shape index (κ2) is 15.3. The maximum atomic E-state index is 13.4. The van der Waals surface area contributed by atoms with Crippen LogP contribution in [0.4, 0.5) is 13.2 Å². The van der Waals surface area contributed by atoms with E-state index >= 15 is 0 Å². The molecule has 0 aliphatic rings. The van der Waals surface area contributed by atoms with Crippen LogP contribution in [0.3, 0.4) is 0 Å². The fourth-order valence-corrected chi connectivity index (χ4v) is 4.96. The van der Waals surface area contributed by atoms with Gasteiger partial charge < -0.3 is 20.6 Å². The lowest BCUT2D eigenvalue weighted by Gasteiger charge is -2.20. The van der Waals surface area contributed by atoms with Gasteiger partial charge >= 0.3 is 24.1 Å². The number of benzene rings is 4. The Labute approximate surface area is 270 Å². The summed E-state index contributed by atoms with van der Waals surface area (Å²) in [5.74, 6) is -4.00. The Bertz CT molecular complexity index is 1770. The number of hydrogen-bond acceptors (Lipinski definition) is 4. The van der Waals surface area contributed by atoms with Crippen molar-refractivity contribution in [3.05, 3.63) is 128 Å². The number of aliphatic carboxylic acids is 1. The molecular formula is C34H29BrF3NO7. The number of halogens is 4. The normalized spacial score (nSPS) is 11.5. The molecule has 4 aromatic rings. The highest BCUT2D eigenvalue weighted by Crippen LogP contribution is 2.33. The molecule has 0 bridgehead atoms. The number of amides is 1. The first-order valence-electron chi connectivity index (χ1n) is 13.7. The van der Waals surface area contributed by atoms with Crippen LogP contribution in [0.25, 0.3) is 11.1 Å². The second-order valence-electron chi connectivity index (χ2n) is 10.3. The summed E-state index contributed by atoms with van der Waals surface area (Å²) in [7, 11) is 0. The van der Waals surface area contributed by atoms with Crippen LogP contribution in [-0.2, 0) is 17.4 Å². The van der Waals surface area contributed by atoms with Crippen molar-refractivity contribution in [3.8, 4) is 11.1 Å². The zero-order valence-electron chi connectivity index (χ0n) is 24.6. The third kappa shape index (κ3) is 9.51. The molecule has 0 aliphatic heterocycles. The van der Waals surface area contributed by atoms with E-state index in [1.165, 1.54) is 36.4 Å². The SMILES string of the molecule is Cc1ccc(C(=O)N[C@@H](CC(=O)O)Cc2ccccc2C(F)(F)F)cc1-c1ccccc1C(=O)O.Cc1ccc(C(=O)O)cc1Br. The molecule has 0 fully saturated rings. The summed E-state index contributed by atoms with van der Waals surface area (Å²) in [5.41, 5.74) is 2.07. The van der Waals surface area contributed by atoms with Crippen LogP contribution in [0.15, 0.2) is 89.4 Å². The van der Waals surface area contributed by atoms with Crippen molar-refractivity contribution in [1.82, 2.24) is 5.32 Å². The van der Waals surface area contributed by atoms with Gasteiger partial charge in [0.1, 0.15) is 0 Å². The fourth-order valence-electron chi connectivity index (χ4n) is 4.58. The number of carboxylic acids is 3. The summed E-state index contributed by atoms with van der Waals surface area (Å²) in [6.45, 7) is 3.66. The summed E-state index contributed by atoms with van der Waals surface area (Å²) in [4.78, 5) is 46.4. The number of aromatic carboxylic acids is 2. The number of rotatable bonds is 9. The van der Waals surface area contributed by atoms with Crippen molar-refractivity contribution in [2.45, 2.75) is 38.9 Å². The van der Waals surface area contributed by atoms with Crippen LogP contribution in [0.1, 0.15) is 59.7 Å². The maximum Gasteiger partial charge on any atom is 0.416 e. The van der Waals surface area contributed by atoms with Crippen LogP contribution in [0, 0.1) is 13.8 Å². The van der Waals surface area contributed by atoms with Gasteiger partial charge in [0.05, 0.1) is 23.1 Å². The lowest BCUT2D eigenvalue weighted by molar-refractivity contribution is -0.138. The van der Waals surface area contributed by atoms with E-state index in [1.807, 2.05) is 6.92 Å². The Balaban J connectivity index is 0.000000441. The standard InChI is InChI=1S/C26H22F3NO5.C8H7BrO2/c1-15-10-11-17(13-21(15)19-7-3-4-8-20(19)25(34)35)24(33)30-18(14-23(31)32)12-16-6-2-5-9-22(16)26(27,28)29;1-5-2-3-6(8(10)11)4-7(5)9/h2-11,13,18H,12,14H2,1H3,(H,30,33)(H,31,32)(H,34,35);2-4H,1H3,(H,10,11)/t18-;/m1./s1. The molecule has 1 amide bonds. The van der Waals surface area contributed by atoms with Gasteiger partial charge in [0.2, 0.25) is 0 Å². The zero-order chi connectivity index (χ0) is 34.2. The molecule has 0 radical (unpaired) electrons. The minimum Gasteiger partial charge on any atom is -0.481 e. The van der Waals surface area contributed by atoms with Gasteiger partial charge in [0.25, 0.3) is 5.91 Å². The average Bonchev–Trinajstić information content (AvgIpc) is 2.98. The van der Waals surface area contributed by atoms with E-state index in [9.17, 15) is 42.6 Å². The molecular weight excluding hydrogens is 671 g/mol. The largest absolute Gasteiger partial charge is 0.481 e. The van der Waals surface area contributed by atoms with E-state index in [1.54, 1.807) is 49.4 Å². The van der Waals surface area contributed by atoms with Crippen LogP contribution < -0.4 is 5.32 Å². The quantitative estimate of drug-likeness (QED) is 0.141. The molecule has 0 spiro atoms. The molecule has 0 aromatic heterocycles. The highest BCUT2D eigenvalue weighted by Gasteiger charge is 2.33. The van der Waals surface area contributed by atoms with E-state index in [0.717, 1.165) is 16.1 Å². The Morgan fingerprint density at radius 2 is 1.37 bits per heavy atom. The topological polar surface area (TPSA) is 141 Å². The Morgan fingerprint density at radius 3 is 1.98 bits per heavy atom. The molecule has 0 heterocycles. The van der Waals surface area contributed by atoms with E-state index in [0.29, 0.717) is 22.3 Å². The molecule has 0 saturated heterocycles. The molecule has 4 aromatic carbocycles. The Kier molecular flexibility index (Phi) is 11.8. The molecule has 8 nitrogen and oxygen atoms in total. The second-order valence-corrected chi connectivity index (χ2v) is 11.1. The van der Waals surface area contributed by atoms with E-state index in [2.05, 4.69) is 21.2 Å². The van der Waals surface area contributed by atoms with E-state index in [4.69, 9.17) is 5.11 Å². The number of aryl methyl sites for hydroxylation is 2. The summed E-state index contributed by atoms with van der Waals surface area (Å²) in [6, 6.07) is 19.5. The van der Waals surface area contributed by atoms with Gasteiger partial charge in [0, 0.05) is 16.1 Å². The van der Waals surface area contributed by atoms with Crippen molar-refractivity contribution in [1.29, 1.82) is 0 Å². The minimum absolute atomic E-state index is 0.0423. The summed E-state index contributed by atoms with van der Waals surface area (Å²) in [6.07, 6.45) is -5.55. The number of carbonyl (C=O) groups is 4. The first kappa shape index (κ1) is 35.5. The van der Waals surface area contributed by atoms with Crippen LogP contribution in [-0.4, -0.2) is 45.2 Å². The zero-order valence-corrected chi connectivity index (χ0v) is 26.1. The number of carboxylic acid groups (broad SMARTS) is 3. The predicted octanol–water partition coefficient (Wildman–Crippen LogP) is 7.65. The van der Waals surface area contributed by atoms with Crippen molar-refractivity contribution in [2.75, 3.05) is 0 Å². The molecule has 0 saturated carbocycles. The fraction of sp³-hybridized carbons (Fsp3) is 0.176. The van der Waals surface area contributed by atoms with Gasteiger partial charge in [-0.3, -0.25) is 9.59 Å². The molecule has 240 valence electrons. The monoisotopic (exact) mass is 699 g/mol. The van der Waals surface area contributed by atoms with Gasteiger partial charge in [-0.05, 0) is 84.5 Å². The van der Waals surface area contributed by atoms with Gasteiger partial charge in [0.15, 0.2) is 0 Å². The summed E-state index contributed by atoms with van der Waals surface area (Å²) < 4.78 is 41.0. The highest BCUT2D eigenvalue weighted by molar-refractivity contribution is 9.10. The molecule has 46 heavy (non-hydrogen) atoms. The molecule has 1 atom stereocenters. The first-order chi connectivity index (χ1) is 21.6. The first-order valence-corrected chi connectivity index (χ1v) is 14.5. The number of nitrogens with one attached hydrogen (secondary N) is 1. The van der Waals surface area contributed by atoms with Crippen molar-refractivity contribution in [2.24, 2.45) is 0 Å². The van der Waals surface area contributed by atoms with Crippen LogP contribution in [0.5, 0.6) is 0 Å². The van der Waals surface area contributed by atoms with Gasteiger partial charge in [-0.1, -0.05) is 64.5 Å². The summed E-state index contributed by atoms with van der Waals surface area (Å²) >= 11 is 3.25. The molecule has 0 unspecified atom stereocenters. The maximum absolute atomic E-state index is 13.4. The molecule has 12 heteroatoms. The average molecular weight is 701 g/mol. The Morgan fingerprint density at radius 1 is 0.761 bits per heavy atom. The van der Waals surface area contributed by atoms with Gasteiger partial charge in [-0.25, -0.2) is 9.59 Å². The molecule has 4 rings (SSSR count). The number of alkyl halides is 3. The smallest absolute Gasteiger partial charge is 0.416 e. The predicted molar refractivity (Wildman–Crippen MR) is 168 cm³/mol. The van der Waals surface area contributed by atoms with Crippen molar-refractivity contribution >= 4 is 39.7 Å². The number of hydrogen-bond donors (Lipinski definition) is 4. The van der Waals surface area contributed by atoms with Crippen LogP contribution in [0.2, 0.25) is 0 Å². The van der Waals surface area contributed by atoms with Crippen LogP contribution >= 0.6 is 15.9 Å². The third-order valence-corrected chi connectivity index (χ3v) is 7.77. The van der Waals surface area contributed by atoms with E-state index in [-0.39, 0.29) is 23.1 Å². The highest BCUT2D eigenvalue weighted by atomic mass is 79.9. The lowest BCUT2D eigenvalue weighted by atomic mass is 9.93. The van der Waals surface area contributed by atoms with Gasteiger partial charge in [-0.2, -0.15) is 13.2 Å². The summed E-state index contributed by atoms with van der Waals surface area (Å²) in [5, 5.41) is 29.9. The van der Waals surface area contributed by atoms with Gasteiger partial charge in [-0.15, -0.1) is 0 Å². The van der Waals surface area contributed by atoms with Crippen molar-refractivity contribution in [3.63, 3.8) is 0 Å². The van der Waals surface area contributed by atoms with E-state index < -0.39 is 48.0 Å². The third-order valence-electron chi connectivity index (χ3n) is 6.91. The minimum atomic E-state index is -4.63. The lowest BCUT2D eigenvalue weighted by Crippen LogP contribution is -2.38.